The van der Waals surface area contributed by atoms with E-state index in [1.54, 1.807) is 0 Å². The molecule has 1 atom stereocenters. The van der Waals surface area contributed by atoms with Gasteiger partial charge in [-0.05, 0) is 6.07 Å². The minimum absolute atomic E-state index is 0.0787. The van der Waals surface area contributed by atoms with Crippen LogP contribution < -0.4 is 9.47 Å². The lowest BCUT2D eigenvalue weighted by atomic mass is 10.2. The monoisotopic (exact) mass is 275 g/mol. The van der Waals surface area contributed by atoms with Crippen LogP contribution in [-0.4, -0.2) is 30.9 Å². The molecule has 8 heteroatoms. The van der Waals surface area contributed by atoms with Crippen LogP contribution in [0.2, 0.25) is 0 Å². The van der Waals surface area contributed by atoms with Crippen molar-refractivity contribution < 1.29 is 27.9 Å². The molecule has 0 saturated carbocycles. The zero-order chi connectivity index (χ0) is 13.8. The van der Waals surface area contributed by atoms with Gasteiger partial charge in [0.15, 0.2) is 11.5 Å². The van der Waals surface area contributed by atoms with Crippen molar-refractivity contribution in [3.8, 4) is 11.5 Å². The molecule has 0 N–H and O–H groups in total. The van der Waals surface area contributed by atoms with E-state index in [0.29, 0.717) is 19.6 Å². The van der Waals surface area contributed by atoms with Crippen LogP contribution in [0, 0.1) is 10.1 Å². The number of nitro benzene ring substituents is 1. The van der Waals surface area contributed by atoms with Crippen molar-refractivity contribution in [1.82, 2.24) is 0 Å². The standard InChI is InChI=1S/C11H11F2NO5/c12-11(13)19-9-2-1-7(14(15)16)5-10(9)18-8-3-4-17-6-8/h1-2,5,8,11H,3-4,6H2/t8-/m1/s1. The lowest BCUT2D eigenvalue weighted by Gasteiger charge is -2.15. The van der Waals surface area contributed by atoms with Crippen molar-refractivity contribution >= 4 is 5.69 Å². The number of rotatable bonds is 5. The molecule has 6 nitrogen and oxygen atoms in total. The van der Waals surface area contributed by atoms with Crippen molar-refractivity contribution in [2.75, 3.05) is 13.2 Å². The minimum Gasteiger partial charge on any atom is -0.484 e. The molecule has 19 heavy (non-hydrogen) atoms. The zero-order valence-corrected chi connectivity index (χ0v) is 9.75. The first-order chi connectivity index (χ1) is 9.06. The van der Waals surface area contributed by atoms with Crippen LogP contribution in [0.4, 0.5) is 14.5 Å². The van der Waals surface area contributed by atoms with Gasteiger partial charge in [0.2, 0.25) is 0 Å². The topological polar surface area (TPSA) is 70.8 Å². The van der Waals surface area contributed by atoms with Crippen molar-refractivity contribution in [3.63, 3.8) is 0 Å². The maximum Gasteiger partial charge on any atom is 0.387 e. The van der Waals surface area contributed by atoms with E-state index in [1.165, 1.54) is 0 Å². The smallest absolute Gasteiger partial charge is 0.387 e. The molecule has 0 bridgehead atoms. The van der Waals surface area contributed by atoms with E-state index in [4.69, 9.17) is 9.47 Å². The summed E-state index contributed by atoms with van der Waals surface area (Å²) in [5.41, 5.74) is -0.254. The van der Waals surface area contributed by atoms with Gasteiger partial charge in [0, 0.05) is 12.5 Å². The normalized spacial score (nSPS) is 18.6. The Morgan fingerprint density at radius 1 is 1.42 bits per heavy atom. The second-order valence-corrected chi connectivity index (χ2v) is 3.87. The molecule has 1 aromatic carbocycles. The number of benzene rings is 1. The van der Waals surface area contributed by atoms with Crippen LogP contribution >= 0.6 is 0 Å². The van der Waals surface area contributed by atoms with Crippen LogP contribution in [0.25, 0.3) is 0 Å². The second-order valence-electron chi connectivity index (χ2n) is 3.87. The highest BCUT2D eigenvalue weighted by Gasteiger charge is 2.22. The van der Waals surface area contributed by atoms with E-state index in [-0.39, 0.29) is 23.3 Å². The number of hydrogen-bond acceptors (Lipinski definition) is 5. The van der Waals surface area contributed by atoms with Crippen molar-refractivity contribution in [1.29, 1.82) is 0 Å². The van der Waals surface area contributed by atoms with Crippen LogP contribution in [0.5, 0.6) is 11.5 Å². The summed E-state index contributed by atoms with van der Waals surface area (Å²) < 4.78 is 39.2. The molecule has 1 fully saturated rings. The Morgan fingerprint density at radius 3 is 2.79 bits per heavy atom. The lowest BCUT2D eigenvalue weighted by molar-refractivity contribution is -0.385. The molecule has 1 aromatic rings. The van der Waals surface area contributed by atoms with E-state index < -0.39 is 11.5 Å². The van der Waals surface area contributed by atoms with Gasteiger partial charge in [-0.25, -0.2) is 0 Å². The fourth-order valence-corrected chi connectivity index (χ4v) is 1.68. The Kier molecular flexibility index (Phi) is 4.10. The van der Waals surface area contributed by atoms with Crippen LogP contribution in [0.15, 0.2) is 18.2 Å². The summed E-state index contributed by atoms with van der Waals surface area (Å²) in [4.78, 5) is 10.0. The Morgan fingerprint density at radius 2 is 2.21 bits per heavy atom. The lowest BCUT2D eigenvalue weighted by Crippen LogP contribution is -2.17. The average Bonchev–Trinajstić information content (AvgIpc) is 2.83. The molecular weight excluding hydrogens is 264 g/mol. The second kappa shape index (κ2) is 5.79. The van der Waals surface area contributed by atoms with Crippen molar-refractivity contribution in [2.24, 2.45) is 0 Å². The predicted octanol–water partition coefficient (Wildman–Crippen LogP) is 2.36. The molecule has 104 valence electrons. The molecular formula is C11H11F2NO5. The third-order valence-electron chi connectivity index (χ3n) is 2.54. The number of halogens is 2. The molecule has 0 spiro atoms. The Hall–Kier alpha value is -1.96. The highest BCUT2D eigenvalue weighted by molar-refractivity contribution is 5.48. The molecule has 1 aliphatic heterocycles. The van der Waals surface area contributed by atoms with Gasteiger partial charge in [-0.2, -0.15) is 8.78 Å². The molecule has 0 aromatic heterocycles. The van der Waals surface area contributed by atoms with Gasteiger partial charge in [-0.3, -0.25) is 10.1 Å². The Bertz CT molecular complexity index is 462. The van der Waals surface area contributed by atoms with Gasteiger partial charge in [0.05, 0.1) is 24.2 Å². The van der Waals surface area contributed by atoms with Crippen molar-refractivity contribution in [2.45, 2.75) is 19.1 Å². The molecule has 1 heterocycles. The van der Waals surface area contributed by atoms with Gasteiger partial charge in [-0.1, -0.05) is 0 Å². The summed E-state index contributed by atoms with van der Waals surface area (Å²) in [6, 6.07) is 3.24. The summed E-state index contributed by atoms with van der Waals surface area (Å²) in [5.74, 6) is -0.308. The van der Waals surface area contributed by atoms with Crippen LogP contribution in [-0.2, 0) is 4.74 Å². The number of non-ortho nitro benzene ring substituents is 1. The summed E-state index contributed by atoms with van der Waals surface area (Å²) >= 11 is 0. The minimum atomic E-state index is -3.02. The van der Waals surface area contributed by atoms with Gasteiger partial charge in [0.1, 0.15) is 6.10 Å². The molecule has 1 saturated heterocycles. The van der Waals surface area contributed by atoms with Gasteiger partial charge in [-0.15, -0.1) is 0 Å². The third-order valence-corrected chi connectivity index (χ3v) is 2.54. The van der Waals surface area contributed by atoms with E-state index in [2.05, 4.69) is 4.74 Å². The van der Waals surface area contributed by atoms with E-state index in [9.17, 15) is 18.9 Å². The largest absolute Gasteiger partial charge is 0.484 e. The van der Waals surface area contributed by atoms with Gasteiger partial charge < -0.3 is 14.2 Å². The summed E-state index contributed by atoms with van der Waals surface area (Å²) in [6.07, 6.45) is 0.276. The average molecular weight is 275 g/mol. The van der Waals surface area contributed by atoms with Gasteiger partial charge >= 0.3 is 6.61 Å². The fraction of sp³-hybridized carbons (Fsp3) is 0.455. The molecule has 2 rings (SSSR count). The Balaban J connectivity index is 2.23. The SMILES string of the molecule is O=[N+]([O-])c1ccc(OC(F)F)c(O[C@@H]2CCOC2)c1. The number of hydrogen-bond donors (Lipinski definition) is 0. The quantitative estimate of drug-likeness (QED) is 0.609. The highest BCUT2D eigenvalue weighted by Crippen LogP contribution is 2.34. The summed E-state index contributed by atoms with van der Waals surface area (Å²) in [6.45, 7) is -2.20. The molecule has 1 aliphatic rings. The van der Waals surface area contributed by atoms with Crippen LogP contribution in [0.3, 0.4) is 0 Å². The zero-order valence-electron chi connectivity index (χ0n) is 9.75. The first-order valence-corrected chi connectivity index (χ1v) is 5.54. The van der Waals surface area contributed by atoms with E-state index >= 15 is 0 Å². The fourth-order valence-electron chi connectivity index (χ4n) is 1.68. The molecule has 0 unspecified atom stereocenters. The number of nitrogens with zero attached hydrogens (tertiary/aromatic N) is 1. The highest BCUT2D eigenvalue weighted by atomic mass is 19.3. The Labute approximate surface area is 107 Å². The van der Waals surface area contributed by atoms with E-state index in [1.807, 2.05) is 0 Å². The van der Waals surface area contributed by atoms with Crippen molar-refractivity contribution in [3.05, 3.63) is 28.3 Å². The molecule has 0 aliphatic carbocycles. The number of ether oxygens (including phenoxy) is 3. The van der Waals surface area contributed by atoms with Gasteiger partial charge in [0.25, 0.3) is 5.69 Å². The van der Waals surface area contributed by atoms with Crippen LogP contribution in [0.1, 0.15) is 6.42 Å². The predicted molar refractivity (Wildman–Crippen MR) is 59.6 cm³/mol. The van der Waals surface area contributed by atoms with E-state index in [0.717, 1.165) is 18.2 Å². The molecule has 0 radical (unpaired) electrons. The maximum atomic E-state index is 12.2. The third kappa shape index (κ3) is 3.50. The first-order valence-electron chi connectivity index (χ1n) is 5.54. The summed E-state index contributed by atoms with van der Waals surface area (Å²) in [5, 5.41) is 10.7. The summed E-state index contributed by atoms with van der Waals surface area (Å²) in [7, 11) is 0. The first kappa shape index (κ1) is 13.5. The maximum absolute atomic E-state index is 12.2. The molecule has 0 amide bonds. The number of alkyl halides is 2. The number of nitro groups is 1.